The Morgan fingerprint density at radius 3 is 1.21 bits per heavy atom. The van der Waals surface area contributed by atoms with E-state index in [0.717, 1.165) is 0 Å². The van der Waals surface area contributed by atoms with Crippen LogP contribution in [0.5, 0.6) is 0 Å². The quantitative estimate of drug-likeness (QED) is 0.0479. The Balaban J connectivity index is 1.53. The molecule has 0 aliphatic rings. The zero-order valence-corrected chi connectivity index (χ0v) is 25.7. The number of carboxylic acid groups (broad SMARTS) is 1. The molecule has 4 aromatic rings. The highest BCUT2D eigenvalue weighted by Gasteiger charge is 2.32. The van der Waals surface area contributed by atoms with E-state index in [0.29, 0.717) is 22.8 Å². The highest BCUT2D eigenvalue weighted by atomic mass is 32.1. The number of carbonyl (C=O) groups excluding carboxylic acids is 4. The van der Waals surface area contributed by atoms with Crippen molar-refractivity contribution in [2.75, 3.05) is 5.75 Å². The molecule has 20 heteroatoms. The van der Waals surface area contributed by atoms with Gasteiger partial charge in [0.1, 0.15) is 24.2 Å². The molecular formula is C27H35N13O6S. The predicted octanol–water partition coefficient (Wildman–Crippen LogP) is -2.87. The number of nitrogens with two attached hydrogens (primary N) is 1. The second-order valence-corrected chi connectivity index (χ2v) is 10.9. The summed E-state index contributed by atoms with van der Waals surface area (Å²) in [7, 11) is 0. The number of nitrogens with one attached hydrogen (secondary N) is 8. The SMILES string of the molecule is N[C@@H](Cc1cnc[nH]1)C(=O)N[C@@H](Cc1cnc[nH]1)C(=O)N[C@@H](Cc1cnc[nH]1)C(=O)N[C@@H](Cc1cnc[nH]1)C(=O)N[C@@H](CS)C(=O)O. The molecule has 0 spiro atoms. The number of H-pyrrole nitrogens is 4. The molecule has 4 amide bonds. The third kappa shape index (κ3) is 10.3. The molecule has 0 radical (unpaired) electrons. The lowest BCUT2D eigenvalue weighted by Crippen LogP contribution is -2.60. The maximum Gasteiger partial charge on any atom is 0.327 e. The van der Waals surface area contributed by atoms with Crippen molar-refractivity contribution in [3.63, 3.8) is 0 Å². The second kappa shape index (κ2) is 16.7. The van der Waals surface area contributed by atoms with Crippen molar-refractivity contribution >= 4 is 42.2 Å². The molecular weight excluding hydrogens is 634 g/mol. The summed E-state index contributed by atoms with van der Waals surface area (Å²) in [5.41, 5.74) is 8.20. The van der Waals surface area contributed by atoms with E-state index in [-0.39, 0.29) is 31.4 Å². The number of imidazole rings is 4. The maximum atomic E-state index is 13.8. The van der Waals surface area contributed by atoms with Crippen molar-refractivity contribution in [2.45, 2.75) is 55.9 Å². The molecule has 0 bridgehead atoms. The molecule has 0 aliphatic heterocycles. The Morgan fingerprint density at radius 1 is 0.596 bits per heavy atom. The third-order valence-electron chi connectivity index (χ3n) is 6.96. The second-order valence-electron chi connectivity index (χ2n) is 10.5. The topological polar surface area (TPSA) is 294 Å². The van der Waals surface area contributed by atoms with Gasteiger partial charge in [-0.1, -0.05) is 0 Å². The summed E-state index contributed by atoms with van der Waals surface area (Å²) in [6.07, 6.45) is 11.5. The van der Waals surface area contributed by atoms with Crippen LogP contribution in [-0.4, -0.2) is 111 Å². The molecule has 0 fully saturated rings. The lowest BCUT2D eigenvalue weighted by atomic mass is 10.1. The summed E-state index contributed by atoms with van der Waals surface area (Å²) in [5, 5.41) is 19.7. The lowest BCUT2D eigenvalue weighted by molar-refractivity contribution is -0.141. The zero-order chi connectivity index (χ0) is 33.8. The Hall–Kier alpha value is -5.50. The van der Waals surface area contributed by atoms with E-state index in [1.54, 1.807) is 0 Å². The number of hydrogen-bond acceptors (Lipinski definition) is 11. The molecule has 0 saturated carbocycles. The van der Waals surface area contributed by atoms with Gasteiger partial charge < -0.3 is 52.0 Å². The first kappa shape index (κ1) is 34.4. The van der Waals surface area contributed by atoms with Crippen LogP contribution in [0.4, 0.5) is 0 Å². The smallest absolute Gasteiger partial charge is 0.327 e. The van der Waals surface area contributed by atoms with Crippen LogP contribution in [0.2, 0.25) is 0 Å². The molecule has 0 saturated heterocycles. The number of carboxylic acids is 1. The van der Waals surface area contributed by atoms with Gasteiger partial charge >= 0.3 is 5.97 Å². The van der Waals surface area contributed by atoms with Gasteiger partial charge in [-0.05, 0) is 0 Å². The van der Waals surface area contributed by atoms with Gasteiger partial charge in [-0.3, -0.25) is 19.2 Å². The number of aliphatic carboxylic acids is 1. The Kier molecular flexibility index (Phi) is 12.2. The van der Waals surface area contributed by atoms with Crippen LogP contribution < -0.4 is 27.0 Å². The normalized spacial score (nSPS) is 14.3. The van der Waals surface area contributed by atoms with Crippen molar-refractivity contribution < 1.29 is 29.1 Å². The van der Waals surface area contributed by atoms with Gasteiger partial charge in [-0.15, -0.1) is 0 Å². The highest BCUT2D eigenvalue weighted by molar-refractivity contribution is 7.80. The minimum Gasteiger partial charge on any atom is -0.480 e. The molecule has 4 aromatic heterocycles. The fourth-order valence-electron chi connectivity index (χ4n) is 4.48. The Labute approximate surface area is 272 Å². The van der Waals surface area contributed by atoms with E-state index in [9.17, 15) is 29.1 Å². The number of carbonyl (C=O) groups is 5. The third-order valence-corrected chi connectivity index (χ3v) is 7.33. The van der Waals surface area contributed by atoms with Gasteiger partial charge in [-0.25, -0.2) is 24.7 Å². The van der Waals surface area contributed by atoms with Crippen molar-refractivity contribution in [3.8, 4) is 0 Å². The van der Waals surface area contributed by atoms with Gasteiger partial charge in [0.05, 0.1) is 31.4 Å². The molecule has 11 N–H and O–H groups in total. The number of amides is 4. The largest absolute Gasteiger partial charge is 0.480 e. The summed E-state index contributed by atoms with van der Waals surface area (Å²) in [6, 6.07) is -6.08. The molecule has 5 atom stereocenters. The van der Waals surface area contributed by atoms with Crippen LogP contribution in [0.1, 0.15) is 22.8 Å². The van der Waals surface area contributed by atoms with Crippen LogP contribution >= 0.6 is 12.6 Å². The molecule has 0 aliphatic carbocycles. The van der Waals surface area contributed by atoms with Gasteiger partial charge in [-0.2, -0.15) is 12.6 Å². The molecule has 4 rings (SSSR count). The molecule has 0 aromatic carbocycles. The van der Waals surface area contributed by atoms with Crippen molar-refractivity contribution in [2.24, 2.45) is 5.73 Å². The average Bonchev–Trinajstić information content (AvgIpc) is 3.88. The average molecular weight is 670 g/mol. The Bertz CT molecular complexity index is 1580. The van der Waals surface area contributed by atoms with Crippen LogP contribution in [0.25, 0.3) is 0 Å². The number of rotatable bonds is 18. The minimum atomic E-state index is -1.32. The van der Waals surface area contributed by atoms with Gasteiger partial charge in [0.25, 0.3) is 0 Å². The summed E-state index contributed by atoms with van der Waals surface area (Å²) in [4.78, 5) is 92.5. The van der Waals surface area contributed by atoms with Crippen molar-refractivity contribution in [1.82, 2.24) is 61.1 Å². The first-order valence-electron chi connectivity index (χ1n) is 14.3. The summed E-state index contributed by atoms with van der Waals surface area (Å²) in [5.74, 6) is -4.41. The predicted molar refractivity (Wildman–Crippen MR) is 166 cm³/mol. The molecule has 0 unspecified atom stereocenters. The van der Waals surface area contributed by atoms with E-state index in [4.69, 9.17) is 5.73 Å². The highest BCUT2D eigenvalue weighted by Crippen LogP contribution is 2.07. The van der Waals surface area contributed by atoms with Crippen LogP contribution in [-0.2, 0) is 49.7 Å². The van der Waals surface area contributed by atoms with Crippen LogP contribution in [0.3, 0.4) is 0 Å². The molecule has 250 valence electrons. The van der Waals surface area contributed by atoms with E-state index < -0.39 is 59.8 Å². The molecule has 47 heavy (non-hydrogen) atoms. The van der Waals surface area contributed by atoms with E-state index in [2.05, 4.69) is 73.8 Å². The number of aromatic nitrogens is 8. The number of hydrogen-bond donors (Lipinski definition) is 11. The first-order valence-corrected chi connectivity index (χ1v) is 15.0. The standard InChI is InChI=1S/C27H35N13O6S/c28-18(1-14-5-29-10-33-14)23(41)37-19(2-15-6-30-11-34-15)24(42)38-20(3-16-7-31-12-35-16)25(43)39-21(4-17-8-32-13-36-17)26(44)40-22(9-47)27(45)46/h5-8,10-13,18-22,47H,1-4,9,28H2,(H,29,33)(H,30,34)(H,31,35)(H,32,36)(H,37,41)(H,38,42)(H,39,43)(H,40,44)(H,45,46)/t18-,19-,20-,21-,22-/m0/s1. The van der Waals surface area contributed by atoms with E-state index in [1.807, 2.05) is 0 Å². The van der Waals surface area contributed by atoms with Crippen molar-refractivity contribution in [1.29, 1.82) is 0 Å². The van der Waals surface area contributed by atoms with E-state index >= 15 is 0 Å². The lowest BCUT2D eigenvalue weighted by Gasteiger charge is -2.26. The van der Waals surface area contributed by atoms with Crippen molar-refractivity contribution in [3.05, 3.63) is 72.9 Å². The first-order chi connectivity index (χ1) is 22.6. The fourth-order valence-corrected chi connectivity index (χ4v) is 4.73. The zero-order valence-electron chi connectivity index (χ0n) is 24.8. The summed E-state index contributed by atoms with van der Waals surface area (Å²) in [6.45, 7) is 0. The fraction of sp³-hybridized carbons (Fsp3) is 0.370. The number of thiol groups is 1. The van der Waals surface area contributed by atoms with Crippen LogP contribution in [0.15, 0.2) is 50.1 Å². The minimum absolute atomic E-state index is 0.0160. The molecule has 4 heterocycles. The summed E-state index contributed by atoms with van der Waals surface area (Å²) < 4.78 is 0. The monoisotopic (exact) mass is 669 g/mol. The number of aromatic amines is 4. The van der Waals surface area contributed by atoms with Gasteiger partial charge in [0.2, 0.25) is 23.6 Å². The molecule has 19 nitrogen and oxygen atoms in total. The van der Waals surface area contributed by atoms with Crippen LogP contribution in [0, 0.1) is 0 Å². The Morgan fingerprint density at radius 2 is 0.915 bits per heavy atom. The van der Waals surface area contributed by atoms with Gasteiger partial charge in [0.15, 0.2) is 0 Å². The number of nitrogens with zero attached hydrogens (tertiary/aromatic N) is 4. The van der Waals surface area contributed by atoms with E-state index in [1.165, 1.54) is 50.1 Å². The van der Waals surface area contributed by atoms with Gasteiger partial charge in [0, 0.05) is 79.0 Å². The summed E-state index contributed by atoms with van der Waals surface area (Å²) >= 11 is 3.98. The maximum absolute atomic E-state index is 13.8.